The van der Waals surface area contributed by atoms with Gasteiger partial charge in [0.2, 0.25) is 0 Å². The summed E-state index contributed by atoms with van der Waals surface area (Å²) in [4.78, 5) is 28.0. The number of benzene rings is 1. The van der Waals surface area contributed by atoms with E-state index in [2.05, 4.69) is 10.3 Å². The third kappa shape index (κ3) is 4.05. The molecule has 0 fully saturated rings. The first kappa shape index (κ1) is 16.0. The summed E-state index contributed by atoms with van der Waals surface area (Å²) in [6.07, 6.45) is 0.478. The molecule has 1 atom stereocenters. The van der Waals surface area contributed by atoms with E-state index < -0.39 is 18.0 Å². The molecule has 0 saturated carbocycles. The molecule has 0 aliphatic rings. The number of anilines is 1. The molecule has 1 N–H and O–H groups in total. The molecule has 1 aromatic carbocycles. The second kappa shape index (κ2) is 7.04. The maximum atomic E-state index is 12.0. The van der Waals surface area contributed by atoms with Gasteiger partial charge in [-0.2, -0.15) is 0 Å². The Balaban J connectivity index is 1.98. The van der Waals surface area contributed by atoms with Gasteiger partial charge in [-0.15, -0.1) is 0 Å². The highest BCUT2D eigenvalue weighted by Gasteiger charge is 2.20. The van der Waals surface area contributed by atoms with Crippen LogP contribution in [0.1, 0.15) is 22.8 Å². The highest BCUT2D eigenvalue weighted by atomic mass is 35.5. The lowest BCUT2D eigenvalue weighted by atomic mass is 10.1. The maximum Gasteiger partial charge on any atom is 0.339 e. The van der Waals surface area contributed by atoms with Crippen LogP contribution in [0.15, 0.2) is 42.6 Å². The molecule has 0 radical (unpaired) electrons. The standard InChI is InChI=1S/C16H15ClN2O3/c1-10-5-3-4-6-13(10)16(21)22-11(2)15(20)19-14-8-7-12(17)9-18-14/h3-9,11H,1-2H3,(H,18,19,20). The molecule has 22 heavy (non-hydrogen) atoms. The van der Waals surface area contributed by atoms with Crippen LogP contribution < -0.4 is 5.32 Å². The average molecular weight is 319 g/mol. The van der Waals surface area contributed by atoms with Crippen molar-refractivity contribution in [2.75, 3.05) is 5.32 Å². The number of halogens is 1. The van der Waals surface area contributed by atoms with E-state index in [1.807, 2.05) is 6.07 Å². The number of carbonyl (C=O) groups is 2. The molecular formula is C16H15ClN2O3. The summed E-state index contributed by atoms with van der Waals surface area (Å²) in [5.74, 6) is -0.658. The number of pyridine rings is 1. The van der Waals surface area contributed by atoms with Crippen molar-refractivity contribution in [3.05, 3.63) is 58.7 Å². The van der Waals surface area contributed by atoms with Crippen LogP contribution in [0.5, 0.6) is 0 Å². The van der Waals surface area contributed by atoms with Crippen molar-refractivity contribution >= 4 is 29.3 Å². The zero-order valence-electron chi connectivity index (χ0n) is 12.2. The number of hydrogen-bond donors (Lipinski definition) is 1. The lowest BCUT2D eigenvalue weighted by Gasteiger charge is -2.14. The van der Waals surface area contributed by atoms with Crippen molar-refractivity contribution in [1.82, 2.24) is 4.98 Å². The molecule has 1 unspecified atom stereocenters. The number of carbonyl (C=O) groups excluding carboxylic acids is 2. The zero-order chi connectivity index (χ0) is 16.1. The molecule has 1 heterocycles. The summed E-state index contributed by atoms with van der Waals surface area (Å²) < 4.78 is 5.17. The number of nitrogens with zero attached hydrogens (tertiary/aromatic N) is 1. The largest absolute Gasteiger partial charge is 0.449 e. The monoisotopic (exact) mass is 318 g/mol. The van der Waals surface area contributed by atoms with E-state index in [0.717, 1.165) is 5.56 Å². The van der Waals surface area contributed by atoms with E-state index in [-0.39, 0.29) is 0 Å². The Labute approximate surface area is 133 Å². The predicted octanol–water partition coefficient (Wildman–Crippen LogP) is 3.23. The second-order valence-corrected chi connectivity index (χ2v) is 5.15. The zero-order valence-corrected chi connectivity index (χ0v) is 12.9. The van der Waals surface area contributed by atoms with E-state index in [9.17, 15) is 9.59 Å². The second-order valence-electron chi connectivity index (χ2n) is 4.71. The van der Waals surface area contributed by atoms with Gasteiger partial charge in [-0.1, -0.05) is 29.8 Å². The Morgan fingerprint density at radius 2 is 1.95 bits per heavy atom. The predicted molar refractivity (Wildman–Crippen MR) is 83.9 cm³/mol. The first-order chi connectivity index (χ1) is 10.5. The van der Waals surface area contributed by atoms with Crippen molar-refractivity contribution in [3.63, 3.8) is 0 Å². The number of esters is 1. The number of nitrogens with one attached hydrogen (secondary N) is 1. The molecule has 0 spiro atoms. The molecule has 5 nitrogen and oxygen atoms in total. The Morgan fingerprint density at radius 1 is 1.23 bits per heavy atom. The first-order valence-corrected chi connectivity index (χ1v) is 7.04. The minimum Gasteiger partial charge on any atom is -0.449 e. The van der Waals surface area contributed by atoms with Crippen LogP contribution in [-0.2, 0) is 9.53 Å². The molecule has 1 amide bonds. The number of aromatic nitrogens is 1. The van der Waals surface area contributed by atoms with E-state index in [1.165, 1.54) is 13.1 Å². The third-order valence-electron chi connectivity index (χ3n) is 3.00. The van der Waals surface area contributed by atoms with Gasteiger partial charge in [-0.3, -0.25) is 4.79 Å². The van der Waals surface area contributed by atoms with Gasteiger partial charge in [-0.05, 0) is 37.6 Å². The highest BCUT2D eigenvalue weighted by molar-refractivity contribution is 6.30. The summed E-state index contributed by atoms with van der Waals surface area (Å²) in [5.41, 5.74) is 1.23. The molecule has 2 rings (SSSR count). The normalized spacial score (nSPS) is 11.6. The van der Waals surface area contributed by atoms with Gasteiger partial charge in [0, 0.05) is 6.20 Å². The van der Waals surface area contributed by atoms with Crippen LogP contribution in [-0.4, -0.2) is 23.0 Å². The fourth-order valence-electron chi connectivity index (χ4n) is 1.76. The van der Waals surface area contributed by atoms with Gasteiger partial charge in [0.15, 0.2) is 6.10 Å². The summed E-state index contributed by atoms with van der Waals surface area (Å²) in [6.45, 7) is 3.31. The Kier molecular flexibility index (Phi) is 5.12. The highest BCUT2D eigenvalue weighted by Crippen LogP contribution is 2.12. The number of hydrogen-bond acceptors (Lipinski definition) is 4. The Bertz CT molecular complexity index is 686. The topological polar surface area (TPSA) is 68.3 Å². The number of rotatable bonds is 4. The average Bonchev–Trinajstić information content (AvgIpc) is 2.49. The lowest BCUT2D eigenvalue weighted by molar-refractivity contribution is -0.123. The first-order valence-electron chi connectivity index (χ1n) is 6.66. The summed E-state index contributed by atoms with van der Waals surface area (Å²) in [5, 5.41) is 3.02. The van der Waals surface area contributed by atoms with Crippen LogP contribution in [0.2, 0.25) is 5.02 Å². The van der Waals surface area contributed by atoms with E-state index >= 15 is 0 Å². The van der Waals surface area contributed by atoms with Gasteiger partial charge in [0.05, 0.1) is 10.6 Å². The van der Waals surface area contributed by atoms with Gasteiger partial charge < -0.3 is 10.1 Å². The molecule has 2 aromatic rings. The van der Waals surface area contributed by atoms with Gasteiger partial charge in [0.1, 0.15) is 5.82 Å². The van der Waals surface area contributed by atoms with Gasteiger partial charge in [0.25, 0.3) is 5.91 Å². The molecule has 0 aliphatic heterocycles. The summed E-state index contributed by atoms with van der Waals surface area (Å²) in [6, 6.07) is 10.2. The van der Waals surface area contributed by atoms with Gasteiger partial charge in [-0.25, -0.2) is 9.78 Å². The molecular weight excluding hydrogens is 304 g/mol. The van der Waals surface area contributed by atoms with Crippen molar-refractivity contribution < 1.29 is 14.3 Å². The molecule has 0 bridgehead atoms. The van der Waals surface area contributed by atoms with E-state index in [1.54, 1.807) is 37.3 Å². The minimum atomic E-state index is -0.940. The molecule has 1 aromatic heterocycles. The van der Waals surface area contributed by atoms with E-state index in [4.69, 9.17) is 16.3 Å². The minimum absolute atomic E-state index is 0.341. The third-order valence-corrected chi connectivity index (χ3v) is 3.22. The quantitative estimate of drug-likeness (QED) is 0.879. The van der Waals surface area contributed by atoms with Crippen molar-refractivity contribution in [3.8, 4) is 0 Å². The number of ether oxygens (including phenoxy) is 1. The smallest absolute Gasteiger partial charge is 0.339 e. The van der Waals surface area contributed by atoms with Crippen LogP contribution in [0, 0.1) is 6.92 Å². The van der Waals surface area contributed by atoms with E-state index in [0.29, 0.717) is 16.4 Å². The lowest BCUT2D eigenvalue weighted by Crippen LogP contribution is -2.30. The number of aryl methyl sites for hydroxylation is 1. The molecule has 0 aliphatic carbocycles. The fourth-order valence-corrected chi connectivity index (χ4v) is 1.87. The maximum absolute atomic E-state index is 12.0. The summed E-state index contributed by atoms with van der Waals surface area (Å²) >= 11 is 5.72. The van der Waals surface area contributed by atoms with Crippen LogP contribution >= 0.6 is 11.6 Å². The van der Waals surface area contributed by atoms with Crippen molar-refractivity contribution in [2.45, 2.75) is 20.0 Å². The van der Waals surface area contributed by atoms with Gasteiger partial charge >= 0.3 is 5.97 Å². The fraction of sp³-hybridized carbons (Fsp3) is 0.188. The Morgan fingerprint density at radius 3 is 2.59 bits per heavy atom. The van der Waals surface area contributed by atoms with Crippen molar-refractivity contribution in [1.29, 1.82) is 0 Å². The molecule has 6 heteroatoms. The summed E-state index contributed by atoms with van der Waals surface area (Å²) in [7, 11) is 0. The number of amides is 1. The molecule has 114 valence electrons. The van der Waals surface area contributed by atoms with Crippen LogP contribution in [0.3, 0.4) is 0 Å². The Hall–Kier alpha value is -2.40. The molecule has 0 saturated heterocycles. The van der Waals surface area contributed by atoms with Crippen molar-refractivity contribution in [2.24, 2.45) is 0 Å². The SMILES string of the molecule is Cc1ccccc1C(=O)OC(C)C(=O)Nc1ccc(Cl)cn1. The van der Waals surface area contributed by atoms with Crippen LogP contribution in [0.25, 0.3) is 0 Å². The van der Waals surface area contributed by atoms with Crippen LogP contribution in [0.4, 0.5) is 5.82 Å².